The summed E-state index contributed by atoms with van der Waals surface area (Å²) in [4.78, 5) is 35.2. The number of nitrogen functional groups attached to an aromatic ring is 1. The Morgan fingerprint density at radius 1 is 1.48 bits per heavy atom. The third-order valence-corrected chi connectivity index (χ3v) is 7.32. The Kier molecular flexibility index (Phi) is 6.42. The zero-order valence-corrected chi connectivity index (χ0v) is 19.6. The average molecular weight is 490 g/mol. The molecule has 2 aromatic rings. The Bertz CT molecular complexity index is 1040. The molecule has 0 aromatic carbocycles. The molecule has 4 heterocycles. The van der Waals surface area contributed by atoms with Crippen molar-refractivity contribution in [3.05, 3.63) is 6.33 Å². The molecular weight excluding hydrogens is 462 g/mol. The van der Waals surface area contributed by atoms with Gasteiger partial charge in [-0.1, -0.05) is 0 Å². The standard InChI is InChI=1S/C18H28FN6O7P/c1-5-28-14-11-13(22-17(20)23-14)25(8-21-11)16-18(4,19)12-10(31-16)7-30-33(27,32-12)24-9(3)15(26)29-6-2/h8-10,12,16,24,27,33H,5-7H2,1-4H3,(H2,20,22,23)/t9?,10-,12-,16-,18-/m1/s1. The van der Waals surface area contributed by atoms with Gasteiger partial charge in [-0.25, -0.2) is 0 Å². The molecule has 15 heteroatoms. The van der Waals surface area contributed by atoms with Crippen molar-refractivity contribution in [3.63, 3.8) is 0 Å². The molecule has 184 valence electrons. The van der Waals surface area contributed by atoms with E-state index in [0.717, 1.165) is 0 Å². The minimum atomic E-state index is -4.12. The molecule has 4 N–H and O–H groups in total. The second kappa shape index (κ2) is 8.85. The number of anilines is 1. The summed E-state index contributed by atoms with van der Waals surface area (Å²) in [6.07, 6.45) is -1.89. The van der Waals surface area contributed by atoms with Crippen LogP contribution in [0.25, 0.3) is 11.2 Å². The molecular formula is C18H28FN6O7P. The zero-order valence-electron chi connectivity index (χ0n) is 18.6. The molecule has 0 bridgehead atoms. The molecule has 13 nitrogen and oxygen atoms in total. The Labute approximate surface area is 189 Å². The Balaban J connectivity index is 1.60. The van der Waals surface area contributed by atoms with Crippen LogP contribution in [0.15, 0.2) is 6.33 Å². The first kappa shape index (κ1) is 23.9. The fourth-order valence-corrected chi connectivity index (χ4v) is 5.92. The number of alkyl halides is 1. The number of nitrogens with zero attached hydrogens (tertiary/aromatic N) is 4. The molecule has 5 atom stereocenters. The minimum absolute atomic E-state index is 0.0674. The second-order valence-corrected chi connectivity index (χ2v) is 9.85. The van der Waals surface area contributed by atoms with E-state index in [1.54, 1.807) is 13.8 Å². The number of nitrogens with two attached hydrogens (primary N) is 1. The van der Waals surface area contributed by atoms with Gasteiger partial charge in [-0.15, -0.1) is 0 Å². The van der Waals surface area contributed by atoms with E-state index in [9.17, 15) is 9.69 Å². The Morgan fingerprint density at radius 3 is 2.94 bits per heavy atom. The number of carbonyl (C=O) groups is 1. The molecule has 1 unspecified atom stereocenters. The van der Waals surface area contributed by atoms with Crippen LogP contribution in [-0.4, -0.2) is 74.1 Å². The zero-order chi connectivity index (χ0) is 24.0. The molecule has 0 amide bonds. The topological polar surface area (TPSA) is 165 Å². The van der Waals surface area contributed by atoms with Crippen molar-refractivity contribution in [3.8, 4) is 5.88 Å². The van der Waals surface area contributed by atoms with Gasteiger partial charge in [0.1, 0.15) is 0 Å². The number of hydrogen-bond donors (Lipinski definition) is 3. The van der Waals surface area contributed by atoms with Crippen LogP contribution in [0.2, 0.25) is 0 Å². The van der Waals surface area contributed by atoms with Crippen LogP contribution >= 0.6 is 8.09 Å². The van der Waals surface area contributed by atoms with Crippen molar-refractivity contribution in [2.24, 2.45) is 0 Å². The number of rotatable bonds is 7. The van der Waals surface area contributed by atoms with Gasteiger partial charge in [-0.2, -0.15) is 0 Å². The van der Waals surface area contributed by atoms with Crippen LogP contribution in [0.4, 0.5) is 10.3 Å². The number of hydrogen-bond acceptors (Lipinski definition) is 12. The van der Waals surface area contributed by atoms with E-state index in [0.29, 0.717) is 12.1 Å². The number of carbonyl (C=O) groups excluding carboxylic acids is 1. The summed E-state index contributed by atoms with van der Waals surface area (Å²) in [6.45, 7) is 6.57. The molecule has 0 radical (unpaired) electrons. The quantitative estimate of drug-likeness (QED) is 0.370. The van der Waals surface area contributed by atoms with Gasteiger partial charge in [0.05, 0.1) is 0 Å². The summed E-state index contributed by atoms with van der Waals surface area (Å²) in [5, 5.41) is 2.62. The molecule has 2 fully saturated rings. The summed E-state index contributed by atoms with van der Waals surface area (Å²) < 4.78 is 45.0. The molecule has 2 aromatic heterocycles. The first-order chi connectivity index (χ1) is 15.6. The summed E-state index contributed by atoms with van der Waals surface area (Å²) in [7, 11) is -4.12. The van der Waals surface area contributed by atoms with Crippen LogP contribution in [0.5, 0.6) is 5.88 Å². The van der Waals surface area contributed by atoms with Gasteiger partial charge in [0.25, 0.3) is 0 Å². The first-order valence-electron chi connectivity index (χ1n) is 10.5. The first-order valence-corrected chi connectivity index (χ1v) is 12.3. The predicted octanol–water partition coefficient (Wildman–Crippen LogP) is 0.792. The summed E-state index contributed by atoms with van der Waals surface area (Å²) >= 11 is 0. The van der Waals surface area contributed by atoms with Crippen molar-refractivity contribution >= 4 is 31.2 Å². The van der Waals surface area contributed by atoms with Gasteiger partial charge < -0.3 is 0 Å². The van der Waals surface area contributed by atoms with E-state index in [-0.39, 0.29) is 30.7 Å². The van der Waals surface area contributed by atoms with Crippen molar-refractivity contribution in [1.29, 1.82) is 0 Å². The summed E-state index contributed by atoms with van der Waals surface area (Å²) in [5.74, 6) is -0.487. The van der Waals surface area contributed by atoms with Crippen LogP contribution in [-0.2, 0) is 23.3 Å². The third-order valence-electron chi connectivity index (χ3n) is 5.39. The number of imidazole rings is 1. The van der Waals surface area contributed by atoms with E-state index in [1.807, 2.05) is 0 Å². The van der Waals surface area contributed by atoms with Gasteiger partial charge in [0, 0.05) is 0 Å². The number of esters is 1. The van der Waals surface area contributed by atoms with E-state index >= 15 is 4.39 Å². The maximum absolute atomic E-state index is 16.1. The van der Waals surface area contributed by atoms with Gasteiger partial charge in [-0.3, -0.25) is 0 Å². The van der Waals surface area contributed by atoms with E-state index in [4.69, 9.17) is 29.0 Å². The fourth-order valence-electron chi connectivity index (χ4n) is 3.92. The van der Waals surface area contributed by atoms with Gasteiger partial charge in [0.15, 0.2) is 0 Å². The number of nitrogens with one attached hydrogen (secondary N) is 1. The molecule has 2 aliphatic rings. The van der Waals surface area contributed by atoms with Crippen LogP contribution in [0, 0.1) is 0 Å². The molecule has 0 aliphatic carbocycles. The van der Waals surface area contributed by atoms with Crippen LogP contribution < -0.4 is 15.6 Å². The number of halogens is 1. The maximum atomic E-state index is 16.1. The Morgan fingerprint density at radius 2 is 2.24 bits per heavy atom. The van der Waals surface area contributed by atoms with Crippen LogP contribution in [0.3, 0.4) is 0 Å². The van der Waals surface area contributed by atoms with Gasteiger partial charge in [-0.05, 0) is 0 Å². The second-order valence-electron chi connectivity index (χ2n) is 7.87. The number of fused-ring (bicyclic) bond motifs is 2. The molecule has 0 saturated carbocycles. The number of ether oxygens (including phenoxy) is 3. The van der Waals surface area contributed by atoms with Gasteiger partial charge in [0.2, 0.25) is 0 Å². The monoisotopic (exact) mass is 490 g/mol. The van der Waals surface area contributed by atoms with Gasteiger partial charge >= 0.3 is 189 Å². The molecule has 4 rings (SSSR count). The van der Waals surface area contributed by atoms with E-state index < -0.39 is 44.2 Å². The predicted molar refractivity (Wildman–Crippen MR) is 115 cm³/mol. The molecule has 33 heavy (non-hydrogen) atoms. The van der Waals surface area contributed by atoms with E-state index in [2.05, 4.69) is 20.0 Å². The van der Waals surface area contributed by atoms with Crippen LogP contribution in [0.1, 0.15) is 33.9 Å². The van der Waals surface area contributed by atoms with Crippen molar-refractivity contribution in [2.75, 3.05) is 25.6 Å². The van der Waals surface area contributed by atoms with Crippen molar-refractivity contribution in [1.82, 2.24) is 24.6 Å². The fraction of sp³-hybridized carbons (Fsp3) is 0.667. The normalized spacial score (nSPS) is 30.5. The molecule has 2 aliphatic heterocycles. The Hall–Kier alpha value is -2.22. The molecule has 0 spiro atoms. The summed E-state index contributed by atoms with van der Waals surface area (Å²) in [6, 6.07) is -0.920. The van der Waals surface area contributed by atoms with E-state index in [1.165, 1.54) is 24.7 Å². The van der Waals surface area contributed by atoms with Crippen molar-refractivity contribution < 1.29 is 37.3 Å². The SMILES string of the molecule is CCOC(=O)C(C)N[PH]1(O)OC[C@H]2O[C@@H](n3cnc4c(OCC)nc(N)nc43)[C@](C)(F)[C@@H]2O1. The van der Waals surface area contributed by atoms with Crippen molar-refractivity contribution in [2.45, 2.75) is 57.8 Å². The molecule has 2 saturated heterocycles. The summed E-state index contributed by atoms with van der Waals surface area (Å²) in [5.41, 5.74) is 4.18. The third kappa shape index (κ3) is 4.34. The number of aromatic nitrogens is 4. The average Bonchev–Trinajstić information content (AvgIpc) is 3.26.